The molecule has 4 nitrogen and oxygen atoms in total. The van der Waals surface area contributed by atoms with Gasteiger partial charge in [0.05, 0.1) is 11.9 Å². The van der Waals surface area contributed by atoms with Crippen LogP contribution in [-0.2, 0) is 4.79 Å². The molecule has 0 aliphatic rings. The molecule has 15 heavy (non-hydrogen) atoms. The molecule has 1 aromatic rings. The molecule has 0 spiro atoms. The Morgan fingerprint density at radius 3 is 2.67 bits per heavy atom. The fraction of sp³-hybridized carbons (Fsp3) is 0.455. The Morgan fingerprint density at radius 2 is 2.20 bits per heavy atom. The first-order valence-corrected chi connectivity index (χ1v) is 5.05. The molecule has 0 bridgehead atoms. The Labute approximate surface area is 90.1 Å². The number of aromatic nitrogens is 1. The van der Waals surface area contributed by atoms with Crippen molar-refractivity contribution in [3.63, 3.8) is 0 Å². The molecular formula is C11H17N3O. The average molecular weight is 207 g/mol. The lowest BCUT2D eigenvalue weighted by atomic mass is 10.2. The van der Waals surface area contributed by atoms with E-state index in [-0.39, 0.29) is 5.91 Å². The summed E-state index contributed by atoms with van der Waals surface area (Å²) in [5.74, 6) is 1.33. The third kappa shape index (κ3) is 4.44. The Hall–Kier alpha value is -1.58. The zero-order chi connectivity index (χ0) is 11.3. The van der Waals surface area contributed by atoms with Crippen molar-refractivity contribution in [2.24, 2.45) is 5.92 Å². The number of nitrogens with zero attached hydrogens (tertiary/aromatic N) is 1. The number of nitrogens with one attached hydrogen (secondary N) is 2. The summed E-state index contributed by atoms with van der Waals surface area (Å²) in [5, 5.41) is 5.87. The van der Waals surface area contributed by atoms with Crippen molar-refractivity contribution in [3.05, 3.63) is 18.3 Å². The summed E-state index contributed by atoms with van der Waals surface area (Å²) in [6, 6.07) is 3.69. The third-order valence-corrected chi connectivity index (χ3v) is 1.78. The van der Waals surface area contributed by atoms with Gasteiger partial charge in [-0.1, -0.05) is 13.8 Å². The zero-order valence-electron chi connectivity index (χ0n) is 9.37. The molecule has 0 unspecified atom stereocenters. The number of amides is 1. The van der Waals surface area contributed by atoms with Crippen molar-refractivity contribution in [2.45, 2.75) is 20.8 Å². The third-order valence-electron chi connectivity index (χ3n) is 1.78. The molecule has 0 aromatic carbocycles. The van der Waals surface area contributed by atoms with Crippen LogP contribution in [0.3, 0.4) is 0 Å². The van der Waals surface area contributed by atoms with Gasteiger partial charge in [0.1, 0.15) is 5.82 Å². The maximum atomic E-state index is 10.8. The summed E-state index contributed by atoms with van der Waals surface area (Å²) in [5.41, 5.74) is 0.720. The van der Waals surface area contributed by atoms with Gasteiger partial charge in [0.25, 0.3) is 0 Å². The quantitative estimate of drug-likeness (QED) is 0.795. The lowest BCUT2D eigenvalue weighted by molar-refractivity contribution is -0.114. The largest absolute Gasteiger partial charge is 0.370 e. The fourth-order valence-electron chi connectivity index (χ4n) is 1.08. The number of hydrogen-bond acceptors (Lipinski definition) is 3. The van der Waals surface area contributed by atoms with Crippen molar-refractivity contribution in [1.82, 2.24) is 4.98 Å². The minimum Gasteiger partial charge on any atom is -0.370 e. The number of hydrogen-bond donors (Lipinski definition) is 2. The van der Waals surface area contributed by atoms with Crippen LogP contribution in [0.25, 0.3) is 0 Å². The van der Waals surface area contributed by atoms with Gasteiger partial charge < -0.3 is 10.6 Å². The van der Waals surface area contributed by atoms with E-state index in [1.807, 2.05) is 12.1 Å². The topological polar surface area (TPSA) is 54.0 Å². The van der Waals surface area contributed by atoms with Crippen LogP contribution in [0.15, 0.2) is 18.3 Å². The van der Waals surface area contributed by atoms with Crippen LogP contribution in [-0.4, -0.2) is 17.4 Å². The molecule has 0 radical (unpaired) electrons. The van der Waals surface area contributed by atoms with E-state index < -0.39 is 0 Å². The molecule has 0 saturated carbocycles. The van der Waals surface area contributed by atoms with E-state index in [0.717, 1.165) is 18.1 Å². The summed E-state index contributed by atoms with van der Waals surface area (Å²) < 4.78 is 0. The first-order chi connectivity index (χ1) is 7.08. The van der Waals surface area contributed by atoms with Crippen LogP contribution in [0.1, 0.15) is 20.8 Å². The summed E-state index contributed by atoms with van der Waals surface area (Å²) in [6.45, 7) is 6.65. The molecule has 0 aliphatic carbocycles. The molecule has 0 fully saturated rings. The number of pyridine rings is 1. The lowest BCUT2D eigenvalue weighted by Crippen LogP contribution is -2.10. The van der Waals surface area contributed by atoms with Crippen LogP contribution in [0, 0.1) is 5.92 Å². The predicted molar refractivity (Wildman–Crippen MR) is 61.9 cm³/mol. The standard InChI is InChI=1S/C11H17N3O/c1-8(2)6-12-11-5-4-10(7-13-11)14-9(3)15/h4-5,7-8H,6H2,1-3H3,(H,12,13)(H,14,15). The second kappa shape index (κ2) is 5.34. The lowest BCUT2D eigenvalue weighted by Gasteiger charge is -2.08. The van der Waals surface area contributed by atoms with Gasteiger partial charge in [-0.15, -0.1) is 0 Å². The highest BCUT2D eigenvalue weighted by atomic mass is 16.1. The number of carbonyl (C=O) groups excluding carboxylic acids is 1. The van der Waals surface area contributed by atoms with E-state index in [2.05, 4.69) is 29.5 Å². The molecule has 82 valence electrons. The van der Waals surface area contributed by atoms with Gasteiger partial charge in [-0.25, -0.2) is 4.98 Å². The van der Waals surface area contributed by atoms with Gasteiger partial charge in [-0.05, 0) is 18.1 Å². The average Bonchev–Trinajstić information content (AvgIpc) is 2.16. The van der Waals surface area contributed by atoms with Crippen LogP contribution in [0.2, 0.25) is 0 Å². The molecule has 0 aliphatic heterocycles. The monoisotopic (exact) mass is 207 g/mol. The number of carbonyl (C=O) groups is 1. The van der Waals surface area contributed by atoms with E-state index in [0.29, 0.717) is 5.92 Å². The predicted octanol–water partition coefficient (Wildman–Crippen LogP) is 2.11. The van der Waals surface area contributed by atoms with Crippen molar-refractivity contribution in [3.8, 4) is 0 Å². The highest BCUT2D eigenvalue weighted by Gasteiger charge is 1.98. The Morgan fingerprint density at radius 1 is 1.47 bits per heavy atom. The highest BCUT2D eigenvalue weighted by molar-refractivity contribution is 5.88. The molecule has 1 aromatic heterocycles. The summed E-state index contributed by atoms with van der Waals surface area (Å²) in [4.78, 5) is 14.9. The SMILES string of the molecule is CC(=O)Nc1ccc(NCC(C)C)nc1. The van der Waals surface area contributed by atoms with Gasteiger partial charge in [-0.2, -0.15) is 0 Å². The second-order valence-electron chi connectivity index (χ2n) is 3.89. The molecule has 4 heteroatoms. The molecular weight excluding hydrogens is 190 g/mol. The summed E-state index contributed by atoms with van der Waals surface area (Å²) in [7, 11) is 0. The molecule has 0 atom stereocenters. The van der Waals surface area contributed by atoms with Gasteiger partial charge in [-0.3, -0.25) is 4.79 Å². The first-order valence-electron chi connectivity index (χ1n) is 5.05. The molecule has 1 rings (SSSR count). The van der Waals surface area contributed by atoms with Crippen LogP contribution in [0.4, 0.5) is 11.5 Å². The zero-order valence-corrected chi connectivity index (χ0v) is 9.37. The Balaban J connectivity index is 2.52. The summed E-state index contributed by atoms with van der Waals surface area (Å²) in [6.07, 6.45) is 1.64. The van der Waals surface area contributed by atoms with Crippen molar-refractivity contribution in [1.29, 1.82) is 0 Å². The maximum Gasteiger partial charge on any atom is 0.221 e. The fourth-order valence-corrected chi connectivity index (χ4v) is 1.08. The van der Waals surface area contributed by atoms with E-state index in [1.165, 1.54) is 6.92 Å². The minimum atomic E-state index is -0.0836. The van der Waals surface area contributed by atoms with Crippen LogP contribution in [0.5, 0.6) is 0 Å². The van der Waals surface area contributed by atoms with Crippen LogP contribution < -0.4 is 10.6 Å². The van der Waals surface area contributed by atoms with Gasteiger partial charge in [0, 0.05) is 13.5 Å². The Bertz CT molecular complexity index is 319. The van der Waals surface area contributed by atoms with Gasteiger partial charge in [0.2, 0.25) is 5.91 Å². The number of rotatable bonds is 4. The number of anilines is 2. The maximum absolute atomic E-state index is 10.8. The first kappa shape index (κ1) is 11.5. The van der Waals surface area contributed by atoms with Gasteiger partial charge in [0.15, 0.2) is 0 Å². The smallest absolute Gasteiger partial charge is 0.221 e. The molecule has 0 saturated heterocycles. The van der Waals surface area contributed by atoms with E-state index in [4.69, 9.17) is 0 Å². The highest BCUT2D eigenvalue weighted by Crippen LogP contribution is 2.09. The normalized spacial score (nSPS) is 10.1. The van der Waals surface area contributed by atoms with Crippen molar-refractivity contribution < 1.29 is 4.79 Å². The molecule has 1 heterocycles. The van der Waals surface area contributed by atoms with Crippen molar-refractivity contribution >= 4 is 17.4 Å². The van der Waals surface area contributed by atoms with E-state index in [9.17, 15) is 4.79 Å². The van der Waals surface area contributed by atoms with Crippen molar-refractivity contribution in [2.75, 3.05) is 17.2 Å². The second-order valence-corrected chi connectivity index (χ2v) is 3.89. The molecule has 1 amide bonds. The Kier molecular flexibility index (Phi) is 4.09. The van der Waals surface area contributed by atoms with E-state index >= 15 is 0 Å². The van der Waals surface area contributed by atoms with Crippen LogP contribution >= 0.6 is 0 Å². The van der Waals surface area contributed by atoms with E-state index in [1.54, 1.807) is 6.20 Å². The summed E-state index contributed by atoms with van der Waals surface area (Å²) >= 11 is 0. The van der Waals surface area contributed by atoms with Gasteiger partial charge >= 0.3 is 0 Å². The minimum absolute atomic E-state index is 0.0836. The molecule has 2 N–H and O–H groups in total.